The third-order valence-corrected chi connectivity index (χ3v) is 4.63. The van der Waals surface area contributed by atoms with E-state index in [1.165, 1.54) is 0 Å². The molecular weight excluding hydrogens is 409 g/mol. The van der Waals surface area contributed by atoms with E-state index in [2.05, 4.69) is 27.3 Å². The molecule has 0 unspecified atom stereocenters. The first-order valence-corrected chi connectivity index (χ1v) is 8.18. The van der Waals surface area contributed by atoms with Crippen LogP contribution in [-0.4, -0.2) is 13.3 Å². The lowest BCUT2D eigenvalue weighted by atomic mass is 10.3. The number of nitrogens with one attached hydrogen (secondary N) is 1. The minimum Gasteiger partial charge on any atom is -0.393 e. The molecular formula is C12H10IN3O4S. The molecule has 0 aliphatic carbocycles. The molecule has 2 aromatic carbocycles. The second kappa shape index (κ2) is 5.85. The first-order chi connectivity index (χ1) is 9.79. The number of nitrogens with zero attached hydrogens (tertiary/aromatic N) is 1. The van der Waals surface area contributed by atoms with E-state index in [0.29, 0.717) is 5.69 Å². The Hall–Kier alpha value is -1.88. The van der Waals surface area contributed by atoms with Gasteiger partial charge in [0.25, 0.3) is 15.7 Å². The maximum Gasteiger partial charge on any atom is 0.292 e. The summed E-state index contributed by atoms with van der Waals surface area (Å²) in [7, 11) is -3.85. The molecule has 0 saturated carbocycles. The van der Waals surface area contributed by atoms with E-state index < -0.39 is 14.9 Å². The molecule has 21 heavy (non-hydrogen) atoms. The zero-order chi connectivity index (χ0) is 15.6. The normalized spacial score (nSPS) is 11.1. The maximum atomic E-state index is 12.2. The number of sulfonamides is 1. The van der Waals surface area contributed by atoms with Crippen LogP contribution in [-0.2, 0) is 10.0 Å². The summed E-state index contributed by atoms with van der Waals surface area (Å²) >= 11 is 2.06. The van der Waals surface area contributed by atoms with E-state index in [1.54, 1.807) is 18.2 Å². The Morgan fingerprint density at radius 2 is 1.90 bits per heavy atom. The van der Waals surface area contributed by atoms with Gasteiger partial charge >= 0.3 is 0 Å². The molecule has 0 saturated heterocycles. The SMILES string of the molecule is Nc1cc(S(=O)(=O)Nc2cccc(I)c2)ccc1[N+](=O)[O-]. The summed E-state index contributed by atoms with van der Waals surface area (Å²) in [5.74, 6) is 0. The van der Waals surface area contributed by atoms with Crippen LogP contribution in [0.3, 0.4) is 0 Å². The molecule has 0 aliphatic rings. The Morgan fingerprint density at radius 3 is 2.48 bits per heavy atom. The smallest absolute Gasteiger partial charge is 0.292 e. The number of nitro benzene ring substituents is 1. The van der Waals surface area contributed by atoms with E-state index >= 15 is 0 Å². The lowest BCUT2D eigenvalue weighted by Gasteiger charge is -2.09. The summed E-state index contributed by atoms with van der Waals surface area (Å²) in [4.78, 5) is 9.87. The van der Waals surface area contributed by atoms with E-state index in [1.807, 2.05) is 6.07 Å². The van der Waals surface area contributed by atoms with Crippen LogP contribution in [0.4, 0.5) is 17.1 Å². The van der Waals surface area contributed by atoms with Gasteiger partial charge in [0, 0.05) is 15.3 Å². The molecule has 2 rings (SSSR count). The Labute approximate surface area is 134 Å². The quantitative estimate of drug-likeness (QED) is 0.342. The van der Waals surface area contributed by atoms with E-state index in [-0.39, 0.29) is 16.3 Å². The third kappa shape index (κ3) is 3.61. The predicted octanol–water partition coefficient (Wildman–Crippen LogP) is 2.58. The molecule has 0 amide bonds. The van der Waals surface area contributed by atoms with Crippen LogP contribution >= 0.6 is 22.6 Å². The minimum absolute atomic E-state index is 0.135. The van der Waals surface area contributed by atoms with Crippen LogP contribution in [0.25, 0.3) is 0 Å². The van der Waals surface area contributed by atoms with Crippen molar-refractivity contribution in [2.75, 3.05) is 10.5 Å². The number of nitrogen functional groups attached to an aromatic ring is 1. The molecule has 3 N–H and O–H groups in total. The number of halogens is 1. The van der Waals surface area contributed by atoms with Crippen molar-refractivity contribution >= 4 is 49.7 Å². The predicted molar refractivity (Wildman–Crippen MR) is 87.5 cm³/mol. The number of hydrogen-bond donors (Lipinski definition) is 2. The summed E-state index contributed by atoms with van der Waals surface area (Å²) in [5.41, 5.74) is 5.37. The average molecular weight is 419 g/mol. The van der Waals surface area contributed by atoms with Crippen LogP contribution in [0.1, 0.15) is 0 Å². The van der Waals surface area contributed by atoms with Crippen LogP contribution < -0.4 is 10.5 Å². The largest absolute Gasteiger partial charge is 0.393 e. The summed E-state index contributed by atoms with van der Waals surface area (Å²) in [6, 6.07) is 10.1. The highest BCUT2D eigenvalue weighted by molar-refractivity contribution is 14.1. The topological polar surface area (TPSA) is 115 Å². The Balaban J connectivity index is 2.36. The van der Waals surface area contributed by atoms with Gasteiger partial charge in [0.2, 0.25) is 0 Å². The minimum atomic E-state index is -3.85. The number of rotatable bonds is 4. The van der Waals surface area contributed by atoms with Gasteiger partial charge in [0.1, 0.15) is 5.69 Å². The van der Waals surface area contributed by atoms with Gasteiger partial charge in [-0.15, -0.1) is 0 Å². The summed E-state index contributed by atoms with van der Waals surface area (Å²) in [6.07, 6.45) is 0. The molecule has 0 atom stereocenters. The van der Waals surface area contributed by atoms with E-state index in [4.69, 9.17) is 5.73 Å². The van der Waals surface area contributed by atoms with Gasteiger partial charge < -0.3 is 5.73 Å². The van der Waals surface area contributed by atoms with Crippen LogP contribution in [0, 0.1) is 13.7 Å². The lowest BCUT2D eigenvalue weighted by molar-refractivity contribution is -0.383. The van der Waals surface area contributed by atoms with Crippen molar-refractivity contribution in [2.45, 2.75) is 4.90 Å². The second-order valence-electron chi connectivity index (χ2n) is 4.09. The number of nitrogens with two attached hydrogens (primary N) is 1. The molecule has 0 bridgehead atoms. The van der Waals surface area contributed by atoms with Gasteiger partial charge in [-0.1, -0.05) is 6.07 Å². The number of benzene rings is 2. The molecule has 110 valence electrons. The summed E-state index contributed by atoms with van der Waals surface area (Å²) in [5, 5.41) is 10.7. The molecule has 0 heterocycles. The zero-order valence-corrected chi connectivity index (χ0v) is 13.5. The van der Waals surface area contributed by atoms with Crippen molar-refractivity contribution in [2.24, 2.45) is 0 Å². The zero-order valence-electron chi connectivity index (χ0n) is 10.5. The highest BCUT2D eigenvalue weighted by atomic mass is 127. The van der Waals surface area contributed by atoms with Crippen LogP contribution in [0.2, 0.25) is 0 Å². The molecule has 9 heteroatoms. The summed E-state index contributed by atoms with van der Waals surface area (Å²) < 4.78 is 27.7. The number of nitro groups is 1. The van der Waals surface area contributed by atoms with Crippen molar-refractivity contribution < 1.29 is 13.3 Å². The fourth-order valence-corrected chi connectivity index (χ4v) is 3.26. The van der Waals surface area contributed by atoms with E-state index in [9.17, 15) is 18.5 Å². The number of anilines is 2. The maximum absolute atomic E-state index is 12.2. The molecule has 0 radical (unpaired) electrons. The van der Waals surface area contributed by atoms with Crippen molar-refractivity contribution in [1.29, 1.82) is 0 Å². The van der Waals surface area contributed by atoms with E-state index in [0.717, 1.165) is 21.8 Å². The number of hydrogen-bond acceptors (Lipinski definition) is 5. The third-order valence-electron chi connectivity index (χ3n) is 2.58. The lowest BCUT2D eigenvalue weighted by Crippen LogP contribution is -2.13. The highest BCUT2D eigenvalue weighted by Gasteiger charge is 2.19. The van der Waals surface area contributed by atoms with Crippen molar-refractivity contribution in [3.8, 4) is 0 Å². The Morgan fingerprint density at radius 1 is 1.19 bits per heavy atom. The van der Waals surface area contributed by atoms with Gasteiger partial charge in [0.15, 0.2) is 0 Å². The first-order valence-electron chi connectivity index (χ1n) is 5.62. The Bertz CT molecular complexity index is 808. The van der Waals surface area contributed by atoms with Gasteiger partial charge in [-0.2, -0.15) is 0 Å². The first kappa shape index (κ1) is 15.5. The van der Waals surface area contributed by atoms with Crippen molar-refractivity contribution in [1.82, 2.24) is 0 Å². The van der Waals surface area contributed by atoms with Gasteiger partial charge in [-0.3, -0.25) is 14.8 Å². The van der Waals surface area contributed by atoms with Crippen molar-refractivity contribution in [3.05, 3.63) is 56.1 Å². The fourth-order valence-electron chi connectivity index (χ4n) is 1.63. The van der Waals surface area contributed by atoms with Gasteiger partial charge in [-0.25, -0.2) is 8.42 Å². The summed E-state index contributed by atoms with van der Waals surface area (Å²) in [6.45, 7) is 0. The molecule has 0 fully saturated rings. The average Bonchev–Trinajstić information content (AvgIpc) is 2.37. The monoisotopic (exact) mass is 419 g/mol. The molecule has 0 spiro atoms. The molecule has 7 nitrogen and oxygen atoms in total. The van der Waals surface area contributed by atoms with Crippen molar-refractivity contribution in [3.63, 3.8) is 0 Å². The standard InChI is InChI=1S/C12H10IN3O4S/c13-8-2-1-3-9(6-8)15-21(19,20)10-4-5-12(16(17)18)11(14)7-10/h1-7,15H,14H2. The second-order valence-corrected chi connectivity index (χ2v) is 7.02. The van der Waals surface area contributed by atoms with Gasteiger partial charge in [-0.05, 0) is 52.9 Å². The molecule has 2 aromatic rings. The van der Waals surface area contributed by atoms with Gasteiger partial charge in [0.05, 0.1) is 9.82 Å². The van der Waals surface area contributed by atoms with Crippen LogP contribution in [0.5, 0.6) is 0 Å². The molecule has 0 aliphatic heterocycles. The highest BCUT2D eigenvalue weighted by Crippen LogP contribution is 2.26. The Kier molecular flexibility index (Phi) is 4.32. The molecule has 0 aromatic heterocycles. The fraction of sp³-hybridized carbons (Fsp3) is 0. The van der Waals surface area contributed by atoms with Crippen LogP contribution in [0.15, 0.2) is 47.4 Å².